The van der Waals surface area contributed by atoms with Gasteiger partial charge >= 0.3 is 26.2 Å². The Morgan fingerprint density at radius 1 is 0.941 bits per heavy atom. The first-order valence-corrected chi connectivity index (χ1v) is 5.13. The number of carboxylic acid groups (broad SMARTS) is 3. The third-order valence-electron chi connectivity index (χ3n) is 1.29. The Kier molecular flexibility index (Phi) is 8.15. The SMILES string of the molecule is O=C(O)CC(O)(CC(=O)O)C(=O)O.O=[PH](O)O. The van der Waals surface area contributed by atoms with E-state index >= 15 is 0 Å². The van der Waals surface area contributed by atoms with E-state index in [4.69, 9.17) is 34.8 Å². The quantitative estimate of drug-likeness (QED) is 0.309. The fraction of sp³-hybridized carbons (Fsp3) is 0.500. The Hall–Kier alpha value is -1.48. The molecule has 17 heavy (non-hydrogen) atoms. The summed E-state index contributed by atoms with van der Waals surface area (Å²) in [7, 11) is -3.13. The van der Waals surface area contributed by atoms with Gasteiger partial charge in [0.1, 0.15) is 0 Å². The average molecular weight is 274 g/mol. The van der Waals surface area contributed by atoms with Crippen molar-refractivity contribution in [2.45, 2.75) is 18.4 Å². The highest BCUT2D eigenvalue weighted by molar-refractivity contribution is 7.30. The molecule has 0 aliphatic carbocycles. The molecule has 0 fully saturated rings. The third-order valence-corrected chi connectivity index (χ3v) is 1.29. The predicted octanol–water partition coefficient (Wildman–Crippen LogP) is -1.89. The molecule has 100 valence electrons. The van der Waals surface area contributed by atoms with E-state index in [1.54, 1.807) is 0 Å². The van der Waals surface area contributed by atoms with E-state index in [1.165, 1.54) is 0 Å². The summed E-state index contributed by atoms with van der Waals surface area (Å²) in [4.78, 5) is 44.8. The number of rotatable bonds is 5. The maximum Gasteiger partial charge on any atom is 0.336 e. The number of carbonyl (C=O) groups is 3. The van der Waals surface area contributed by atoms with Crippen molar-refractivity contribution in [3.63, 3.8) is 0 Å². The molecule has 0 unspecified atom stereocenters. The van der Waals surface area contributed by atoms with Crippen molar-refractivity contribution in [1.82, 2.24) is 0 Å². The van der Waals surface area contributed by atoms with E-state index in [-0.39, 0.29) is 0 Å². The van der Waals surface area contributed by atoms with Gasteiger partial charge < -0.3 is 30.2 Å². The van der Waals surface area contributed by atoms with Crippen LogP contribution < -0.4 is 0 Å². The maximum atomic E-state index is 10.3. The van der Waals surface area contributed by atoms with Crippen LogP contribution in [0.4, 0.5) is 0 Å². The number of aliphatic hydroxyl groups is 1. The summed E-state index contributed by atoms with van der Waals surface area (Å²) in [6.07, 6.45) is -2.29. The summed E-state index contributed by atoms with van der Waals surface area (Å²) < 4.78 is 8.74. The standard InChI is InChI=1S/C6H8O7.H3O3P/c7-3(8)1-6(13,5(11)12)2-4(9)10;1-4(2)3/h13H,1-2H2,(H,7,8)(H,9,10)(H,11,12);4H,(H2,1,2,3). The van der Waals surface area contributed by atoms with Gasteiger partial charge in [-0.1, -0.05) is 0 Å². The van der Waals surface area contributed by atoms with E-state index in [9.17, 15) is 14.4 Å². The second-order valence-corrected chi connectivity index (χ2v) is 3.33. The summed E-state index contributed by atoms with van der Waals surface area (Å²) >= 11 is 0. The molecular weight excluding hydrogens is 263 g/mol. The molecule has 6 N–H and O–H groups in total. The van der Waals surface area contributed by atoms with Gasteiger partial charge in [0.2, 0.25) is 0 Å². The lowest BCUT2D eigenvalue weighted by molar-refractivity contribution is -0.170. The first-order valence-electron chi connectivity index (χ1n) is 3.82. The van der Waals surface area contributed by atoms with Gasteiger partial charge in [0, 0.05) is 0 Å². The summed E-state index contributed by atoms with van der Waals surface area (Å²) in [5, 5.41) is 33.8. The van der Waals surface area contributed by atoms with Crippen LogP contribution in [0.2, 0.25) is 0 Å². The summed E-state index contributed by atoms with van der Waals surface area (Å²) in [6.45, 7) is 0. The van der Waals surface area contributed by atoms with Gasteiger partial charge in [-0.2, -0.15) is 0 Å². The fourth-order valence-corrected chi connectivity index (χ4v) is 0.714. The van der Waals surface area contributed by atoms with Crippen molar-refractivity contribution < 1.29 is 49.2 Å². The van der Waals surface area contributed by atoms with Crippen molar-refractivity contribution in [2.75, 3.05) is 0 Å². The van der Waals surface area contributed by atoms with Crippen LogP contribution in [-0.2, 0) is 18.9 Å². The third kappa shape index (κ3) is 10.8. The van der Waals surface area contributed by atoms with Crippen LogP contribution in [0, 0.1) is 0 Å². The Labute approximate surface area is 94.7 Å². The van der Waals surface area contributed by atoms with Crippen LogP contribution in [-0.4, -0.2) is 53.7 Å². The lowest BCUT2D eigenvalue weighted by Crippen LogP contribution is -2.42. The predicted molar refractivity (Wildman–Crippen MR) is 50.5 cm³/mol. The maximum absolute atomic E-state index is 10.3. The Bertz CT molecular complexity index is 303. The van der Waals surface area contributed by atoms with Gasteiger partial charge in [0.15, 0.2) is 5.60 Å². The van der Waals surface area contributed by atoms with Crippen molar-refractivity contribution in [3.8, 4) is 0 Å². The van der Waals surface area contributed by atoms with Crippen LogP contribution in [0.25, 0.3) is 0 Å². The van der Waals surface area contributed by atoms with E-state index in [1.807, 2.05) is 0 Å². The lowest BCUT2D eigenvalue weighted by atomic mass is 9.96. The second kappa shape index (κ2) is 7.74. The minimum atomic E-state index is -3.13. The van der Waals surface area contributed by atoms with Crippen LogP contribution in [0.5, 0.6) is 0 Å². The molecule has 11 heteroatoms. The second-order valence-electron chi connectivity index (χ2n) is 2.76. The van der Waals surface area contributed by atoms with Crippen LogP contribution in [0.3, 0.4) is 0 Å². The molecule has 10 nitrogen and oxygen atoms in total. The highest BCUT2D eigenvalue weighted by Gasteiger charge is 2.40. The van der Waals surface area contributed by atoms with E-state index in [0.717, 1.165) is 0 Å². The fourth-order valence-electron chi connectivity index (χ4n) is 0.714. The summed E-state index contributed by atoms with van der Waals surface area (Å²) in [5.41, 5.74) is -2.74. The largest absolute Gasteiger partial charge is 0.481 e. The van der Waals surface area contributed by atoms with Gasteiger partial charge in [-0.15, -0.1) is 0 Å². The highest BCUT2D eigenvalue weighted by Crippen LogP contribution is 2.15. The molecule has 0 saturated heterocycles. The molecule has 0 aliphatic rings. The number of aliphatic carboxylic acids is 3. The molecule has 0 spiro atoms. The van der Waals surface area contributed by atoms with Crippen LogP contribution >= 0.6 is 8.25 Å². The molecule has 0 radical (unpaired) electrons. The molecule has 0 aromatic heterocycles. The zero-order valence-corrected chi connectivity index (χ0v) is 9.23. The zero-order valence-electron chi connectivity index (χ0n) is 8.23. The van der Waals surface area contributed by atoms with Crippen molar-refractivity contribution >= 4 is 26.2 Å². The highest BCUT2D eigenvalue weighted by atomic mass is 31.1. The average Bonchev–Trinajstić information content (AvgIpc) is 1.98. The monoisotopic (exact) mass is 274 g/mol. The Morgan fingerprint density at radius 3 is 1.29 bits per heavy atom. The normalized spacial score (nSPS) is 10.4. The van der Waals surface area contributed by atoms with Gasteiger partial charge in [-0.05, 0) is 0 Å². The first kappa shape index (κ1) is 17.9. The van der Waals surface area contributed by atoms with Gasteiger partial charge in [0.05, 0.1) is 12.8 Å². The van der Waals surface area contributed by atoms with Gasteiger partial charge in [0.25, 0.3) is 0 Å². The molecule has 0 saturated carbocycles. The molecule has 0 heterocycles. The smallest absolute Gasteiger partial charge is 0.336 e. The first-order chi connectivity index (χ1) is 7.51. The van der Waals surface area contributed by atoms with E-state index in [0.29, 0.717) is 0 Å². The Balaban J connectivity index is 0. The van der Waals surface area contributed by atoms with Gasteiger partial charge in [-0.25, -0.2) is 4.79 Å². The number of carboxylic acids is 3. The van der Waals surface area contributed by atoms with E-state index < -0.39 is 44.6 Å². The van der Waals surface area contributed by atoms with Gasteiger partial charge in [-0.3, -0.25) is 14.2 Å². The molecule has 0 aromatic carbocycles. The van der Waals surface area contributed by atoms with Crippen molar-refractivity contribution in [3.05, 3.63) is 0 Å². The Morgan fingerprint density at radius 2 is 1.18 bits per heavy atom. The molecule has 0 bridgehead atoms. The molecular formula is C6H11O10P. The van der Waals surface area contributed by atoms with Crippen molar-refractivity contribution in [2.24, 2.45) is 0 Å². The lowest BCUT2D eigenvalue weighted by Gasteiger charge is -2.18. The molecule has 0 atom stereocenters. The number of hydrogen-bond acceptors (Lipinski definition) is 5. The number of hydrogen-bond donors (Lipinski definition) is 6. The summed E-state index contributed by atoms with van der Waals surface area (Å²) in [5.74, 6) is -5.02. The van der Waals surface area contributed by atoms with E-state index in [2.05, 4.69) is 0 Å². The summed E-state index contributed by atoms with van der Waals surface area (Å²) in [6, 6.07) is 0. The van der Waals surface area contributed by atoms with Crippen LogP contribution in [0.1, 0.15) is 12.8 Å². The van der Waals surface area contributed by atoms with Crippen molar-refractivity contribution in [1.29, 1.82) is 0 Å². The minimum Gasteiger partial charge on any atom is -0.481 e. The zero-order chi connectivity index (χ0) is 14.2. The molecule has 0 aliphatic heterocycles. The molecule has 0 aromatic rings. The minimum absolute atomic E-state index is 1.14. The van der Waals surface area contributed by atoms with Crippen LogP contribution in [0.15, 0.2) is 0 Å². The molecule has 0 amide bonds. The molecule has 0 rings (SSSR count). The topological polar surface area (TPSA) is 190 Å².